The average Bonchev–Trinajstić information content (AvgIpc) is 3.24. The first-order valence-electron chi connectivity index (χ1n) is 10.8. The van der Waals surface area contributed by atoms with Gasteiger partial charge in [-0.1, -0.05) is 48.5 Å². The number of amides is 1. The van der Waals surface area contributed by atoms with Crippen LogP contribution < -0.4 is 4.74 Å². The summed E-state index contributed by atoms with van der Waals surface area (Å²) in [6, 6.07) is 23.9. The van der Waals surface area contributed by atoms with E-state index in [0.29, 0.717) is 17.2 Å². The number of allylic oxidation sites excluding steroid dienone is 1. The number of rotatable bonds is 4. The van der Waals surface area contributed by atoms with E-state index in [1.54, 1.807) is 6.08 Å². The molecule has 1 amide bonds. The summed E-state index contributed by atoms with van der Waals surface area (Å²) in [6.45, 7) is 11.0. The molecule has 160 valence electrons. The minimum atomic E-state index is 0.0748. The van der Waals surface area contributed by atoms with Gasteiger partial charge in [0.15, 0.2) is 0 Å². The van der Waals surface area contributed by atoms with Crippen LogP contribution in [0, 0.1) is 13.8 Å². The van der Waals surface area contributed by atoms with Crippen LogP contribution in [-0.2, 0) is 0 Å². The number of hydrogen-bond donors (Lipinski definition) is 0. The van der Waals surface area contributed by atoms with Crippen molar-refractivity contribution in [2.45, 2.75) is 33.1 Å². The summed E-state index contributed by atoms with van der Waals surface area (Å²) in [5, 5.41) is 0. The average molecular weight is 414 g/mol. The van der Waals surface area contributed by atoms with Gasteiger partial charge in [0.25, 0.3) is 5.91 Å². The standard InChI is InChI=1S/C25H25NO2.C3H6/c1-18-7-5-10-22(15-18)28-23-11-6-9-20(16-23)25(27)26-14-13-21(17-26)24-12-4-3-8-19(24)2;1-3-2/h3-12,15-16,21H,13-14,17H2,1-2H3;3H,1H2,2H3. The van der Waals surface area contributed by atoms with Crippen LogP contribution in [0.5, 0.6) is 11.5 Å². The molecule has 1 aliphatic rings. The fraction of sp³-hybridized carbons (Fsp3) is 0.250. The zero-order valence-corrected chi connectivity index (χ0v) is 18.7. The minimum absolute atomic E-state index is 0.0748. The molecule has 4 rings (SSSR count). The Morgan fingerprint density at radius 3 is 2.39 bits per heavy atom. The summed E-state index contributed by atoms with van der Waals surface area (Å²) < 4.78 is 5.95. The smallest absolute Gasteiger partial charge is 0.254 e. The van der Waals surface area contributed by atoms with Crippen molar-refractivity contribution in [1.29, 1.82) is 0 Å². The normalized spacial score (nSPS) is 15.1. The Balaban J connectivity index is 0.000000858. The number of carbonyl (C=O) groups excluding carboxylic acids is 1. The van der Waals surface area contributed by atoms with Gasteiger partial charge < -0.3 is 9.64 Å². The first kappa shape index (κ1) is 22.4. The van der Waals surface area contributed by atoms with E-state index in [1.165, 1.54) is 11.1 Å². The summed E-state index contributed by atoms with van der Waals surface area (Å²) in [6.07, 6.45) is 2.76. The SMILES string of the molecule is C=CC.Cc1cccc(Oc2cccc(C(=O)N3CCC(c4ccccc4C)C3)c2)c1. The highest BCUT2D eigenvalue weighted by Crippen LogP contribution is 2.31. The number of ether oxygens (including phenoxy) is 1. The van der Waals surface area contributed by atoms with Crippen LogP contribution >= 0.6 is 0 Å². The van der Waals surface area contributed by atoms with Gasteiger partial charge in [0.1, 0.15) is 11.5 Å². The quantitative estimate of drug-likeness (QED) is 0.435. The number of hydrogen-bond acceptors (Lipinski definition) is 2. The molecule has 1 saturated heterocycles. The second-order valence-corrected chi connectivity index (χ2v) is 7.95. The molecular weight excluding hydrogens is 382 g/mol. The summed E-state index contributed by atoms with van der Waals surface area (Å²) in [5.74, 6) is 1.96. The molecule has 3 aromatic carbocycles. The molecule has 3 nitrogen and oxygen atoms in total. The molecule has 1 heterocycles. The third kappa shape index (κ3) is 5.85. The van der Waals surface area contributed by atoms with Crippen molar-refractivity contribution in [2.75, 3.05) is 13.1 Å². The van der Waals surface area contributed by atoms with Crippen molar-refractivity contribution in [3.63, 3.8) is 0 Å². The van der Waals surface area contributed by atoms with Crippen LogP contribution in [0.1, 0.15) is 46.3 Å². The van der Waals surface area contributed by atoms with Gasteiger partial charge in [0.05, 0.1) is 0 Å². The molecule has 3 aromatic rings. The molecule has 0 spiro atoms. The van der Waals surface area contributed by atoms with Gasteiger partial charge in [-0.2, -0.15) is 0 Å². The molecule has 0 radical (unpaired) electrons. The van der Waals surface area contributed by atoms with Crippen LogP contribution in [0.25, 0.3) is 0 Å². The van der Waals surface area contributed by atoms with E-state index in [2.05, 4.69) is 37.8 Å². The summed E-state index contributed by atoms with van der Waals surface area (Å²) in [7, 11) is 0. The molecule has 0 bridgehead atoms. The van der Waals surface area contributed by atoms with Gasteiger partial charge in [-0.25, -0.2) is 0 Å². The van der Waals surface area contributed by atoms with E-state index in [0.717, 1.165) is 30.8 Å². The molecule has 0 aliphatic carbocycles. The van der Waals surface area contributed by atoms with Crippen LogP contribution in [0.4, 0.5) is 0 Å². The Morgan fingerprint density at radius 2 is 1.68 bits per heavy atom. The molecular formula is C28H31NO2. The van der Waals surface area contributed by atoms with Crippen molar-refractivity contribution in [3.8, 4) is 11.5 Å². The third-order valence-corrected chi connectivity index (χ3v) is 5.41. The zero-order valence-electron chi connectivity index (χ0n) is 18.7. The predicted octanol–water partition coefficient (Wildman–Crippen LogP) is 6.92. The van der Waals surface area contributed by atoms with Crippen LogP contribution in [0.2, 0.25) is 0 Å². The van der Waals surface area contributed by atoms with Gasteiger partial charge in [0.2, 0.25) is 0 Å². The van der Waals surface area contributed by atoms with Crippen LogP contribution in [0.3, 0.4) is 0 Å². The maximum Gasteiger partial charge on any atom is 0.254 e. The second-order valence-electron chi connectivity index (χ2n) is 7.95. The topological polar surface area (TPSA) is 29.5 Å². The number of carbonyl (C=O) groups is 1. The Hall–Kier alpha value is -3.33. The Labute approximate surface area is 186 Å². The number of nitrogens with zero attached hydrogens (tertiary/aromatic N) is 1. The third-order valence-electron chi connectivity index (χ3n) is 5.41. The molecule has 1 aliphatic heterocycles. The Morgan fingerprint density at radius 1 is 1.00 bits per heavy atom. The van der Waals surface area contributed by atoms with Gasteiger partial charge >= 0.3 is 0 Å². The van der Waals surface area contributed by atoms with Gasteiger partial charge in [-0.3, -0.25) is 4.79 Å². The molecule has 1 unspecified atom stereocenters. The van der Waals surface area contributed by atoms with Gasteiger partial charge in [0, 0.05) is 24.6 Å². The largest absolute Gasteiger partial charge is 0.457 e. The number of likely N-dealkylation sites (tertiary alicyclic amines) is 1. The first-order chi connectivity index (χ1) is 15.0. The van der Waals surface area contributed by atoms with E-state index >= 15 is 0 Å². The fourth-order valence-electron chi connectivity index (χ4n) is 3.93. The van der Waals surface area contributed by atoms with Crippen molar-refractivity contribution in [3.05, 3.63) is 108 Å². The highest BCUT2D eigenvalue weighted by Gasteiger charge is 2.28. The molecule has 31 heavy (non-hydrogen) atoms. The lowest BCUT2D eigenvalue weighted by molar-refractivity contribution is 0.0790. The lowest BCUT2D eigenvalue weighted by Gasteiger charge is -2.18. The maximum atomic E-state index is 13.0. The fourth-order valence-corrected chi connectivity index (χ4v) is 3.93. The van der Waals surface area contributed by atoms with Crippen molar-refractivity contribution in [2.24, 2.45) is 0 Å². The lowest BCUT2D eigenvalue weighted by Crippen LogP contribution is -2.28. The zero-order chi connectivity index (χ0) is 22.2. The Kier molecular flexibility index (Phi) is 7.66. The minimum Gasteiger partial charge on any atom is -0.457 e. The van der Waals surface area contributed by atoms with Crippen molar-refractivity contribution < 1.29 is 9.53 Å². The number of aryl methyl sites for hydroxylation is 2. The molecule has 0 aromatic heterocycles. The highest BCUT2D eigenvalue weighted by atomic mass is 16.5. The first-order valence-corrected chi connectivity index (χ1v) is 10.8. The van der Waals surface area contributed by atoms with Crippen LogP contribution in [-0.4, -0.2) is 23.9 Å². The van der Waals surface area contributed by atoms with Gasteiger partial charge in [-0.05, 0) is 74.2 Å². The lowest BCUT2D eigenvalue weighted by atomic mass is 9.94. The highest BCUT2D eigenvalue weighted by molar-refractivity contribution is 5.94. The maximum absolute atomic E-state index is 13.0. The van der Waals surface area contributed by atoms with Gasteiger partial charge in [-0.15, -0.1) is 6.58 Å². The molecule has 1 atom stereocenters. The monoisotopic (exact) mass is 413 g/mol. The predicted molar refractivity (Wildman–Crippen MR) is 128 cm³/mol. The van der Waals surface area contributed by atoms with E-state index in [-0.39, 0.29) is 5.91 Å². The summed E-state index contributed by atoms with van der Waals surface area (Å²) >= 11 is 0. The molecule has 0 N–H and O–H groups in total. The van der Waals surface area contributed by atoms with Crippen molar-refractivity contribution >= 4 is 5.91 Å². The van der Waals surface area contributed by atoms with E-state index in [1.807, 2.05) is 67.3 Å². The van der Waals surface area contributed by atoms with E-state index in [9.17, 15) is 4.79 Å². The second kappa shape index (κ2) is 10.6. The molecule has 3 heteroatoms. The molecule has 1 fully saturated rings. The van der Waals surface area contributed by atoms with E-state index in [4.69, 9.17) is 4.74 Å². The van der Waals surface area contributed by atoms with E-state index < -0.39 is 0 Å². The van der Waals surface area contributed by atoms with Crippen LogP contribution in [0.15, 0.2) is 85.5 Å². The van der Waals surface area contributed by atoms with Crippen molar-refractivity contribution in [1.82, 2.24) is 4.90 Å². The summed E-state index contributed by atoms with van der Waals surface area (Å²) in [5.41, 5.74) is 4.48. The molecule has 0 saturated carbocycles. The Bertz CT molecular complexity index is 1040. The number of benzene rings is 3. The summed E-state index contributed by atoms with van der Waals surface area (Å²) in [4.78, 5) is 15.0.